The first-order valence-corrected chi connectivity index (χ1v) is 8.95. The second kappa shape index (κ2) is 6.83. The van der Waals surface area contributed by atoms with Crippen LogP contribution in [0.4, 0.5) is 11.4 Å². The summed E-state index contributed by atoms with van der Waals surface area (Å²) in [4.78, 5) is 28.9. The van der Waals surface area contributed by atoms with Crippen LogP contribution in [0.15, 0.2) is 18.2 Å². The molecule has 5 nitrogen and oxygen atoms in total. The molecule has 0 saturated carbocycles. The van der Waals surface area contributed by atoms with Crippen LogP contribution in [-0.2, 0) is 4.79 Å². The van der Waals surface area contributed by atoms with Gasteiger partial charge < -0.3 is 15.1 Å². The predicted molar refractivity (Wildman–Crippen MR) is 96.6 cm³/mol. The summed E-state index contributed by atoms with van der Waals surface area (Å²) in [5, 5.41) is 2.96. The molecule has 130 valence electrons. The number of rotatable bonds is 4. The van der Waals surface area contributed by atoms with Gasteiger partial charge in [-0.2, -0.15) is 0 Å². The highest BCUT2D eigenvalue weighted by molar-refractivity contribution is 6.07. The van der Waals surface area contributed by atoms with Crippen LogP contribution in [0.5, 0.6) is 0 Å². The van der Waals surface area contributed by atoms with Crippen molar-refractivity contribution in [1.82, 2.24) is 5.32 Å². The molecule has 0 aromatic heterocycles. The van der Waals surface area contributed by atoms with Crippen LogP contribution in [-0.4, -0.2) is 38.0 Å². The standard InChI is InChI=1S/C19H27N3O2/c1-13(2)9-10-20-18(23)14-7-8-15-17(12-14)21(3)19(24)16-6-4-5-11-22(15)16/h7-8,12-13,16H,4-6,9-11H2,1-3H3,(H,20,23)/t16-/m1/s1. The number of carbonyl (C=O) groups excluding carboxylic acids is 2. The zero-order chi connectivity index (χ0) is 17.3. The topological polar surface area (TPSA) is 52.7 Å². The molecule has 24 heavy (non-hydrogen) atoms. The molecule has 2 heterocycles. The predicted octanol–water partition coefficient (Wildman–Crippen LogP) is 2.80. The molecule has 1 fully saturated rings. The summed E-state index contributed by atoms with van der Waals surface area (Å²) in [5.74, 6) is 0.633. The van der Waals surface area contributed by atoms with Crippen molar-refractivity contribution in [3.05, 3.63) is 23.8 Å². The number of anilines is 2. The summed E-state index contributed by atoms with van der Waals surface area (Å²) in [6, 6.07) is 5.68. The van der Waals surface area contributed by atoms with Gasteiger partial charge in [0.25, 0.3) is 5.91 Å². The fourth-order valence-corrected chi connectivity index (χ4v) is 3.57. The van der Waals surface area contributed by atoms with Crippen molar-refractivity contribution >= 4 is 23.2 Å². The fraction of sp³-hybridized carbons (Fsp3) is 0.579. The summed E-state index contributed by atoms with van der Waals surface area (Å²) in [6.45, 7) is 5.87. The maximum atomic E-state index is 12.6. The number of carbonyl (C=O) groups is 2. The summed E-state index contributed by atoms with van der Waals surface area (Å²) in [7, 11) is 1.81. The lowest BCUT2D eigenvalue weighted by molar-refractivity contribution is -0.120. The van der Waals surface area contributed by atoms with Crippen molar-refractivity contribution in [3.8, 4) is 0 Å². The van der Waals surface area contributed by atoms with Crippen LogP contribution < -0.4 is 15.1 Å². The summed E-state index contributed by atoms with van der Waals surface area (Å²) in [6.07, 6.45) is 4.10. The van der Waals surface area contributed by atoms with E-state index in [0.717, 1.165) is 43.6 Å². The number of piperidine rings is 1. The van der Waals surface area contributed by atoms with E-state index in [9.17, 15) is 9.59 Å². The molecule has 0 unspecified atom stereocenters. The zero-order valence-electron chi connectivity index (χ0n) is 14.8. The van der Waals surface area contributed by atoms with Gasteiger partial charge in [-0.1, -0.05) is 13.8 Å². The Hall–Kier alpha value is -2.04. The zero-order valence-corrected chi connectivity index (χ0v) is 14.8. The van der Waals surface area contributed by atoms with Gasteiger partial charge >= 0.3 is 0 Å². The SMILES string of the molecule is CC(C)CCNC(=O)c1ccc2c(c1)N(C)C(=O)[C@H]1CCCCN21. The number of benzene rings is 1. The van der Waals surface area contributed by atoms with E-state index in [2.05, 4.69) is 24.1 Å². The van der Waals surface area contributed by atoms with Crippen LogP contribution in [0.3, 0.4) is 0 Å². The van der Waals surface area contributed by atoms with Crippen molar-refractivity contribution in [2.45, 2.75) is 45.6 Å². The number of nitrogens with zero attached hydrogens (tertiary/aromatic N) is 2. The van der Waals surface area contributed by atoms with Crippen molar-refractivity contribution in [1.29, 1.82) is 0 Å². The fourth-order valence-electron chi connectivity index (χ4n) is 3.57. The van der Waals surface area contributed by atoms with Crippen LogP contribution in [0, 0.1) is 5.92 Å². The summed E-state index contributed by atoms with van der Waals surface area (Å²) < 4.78 is 0. The third kappa shape index (κ3) is 3.12. The number of hydrogen-bond acceptors (Lipinski definition) is 3. The molecule has 2 aliphatic heterocycles. The van der Waals surface area contributed by atoms with Crippen molar-refractivity contribution in [2.75, 3.05) is 29.9 Å². The lowest BCUT2D eigenvalue weighted by Crippen LogP contribution is -2.54. The molecule has 0 aliphatic carbocycles. The number of likely N-dealkylation sites (N-methyl/N-ethyl adjacent to an activating group) is 1. The van der Waals surface area contributed by atoms with Gasteiger partial charge in [0.1, 0.15) is 6.04 Å². The first-order chi connectivity index (χ1) is 11.5. The van der Waals surface area contributed by atoms with E-state index in [1.807, 2.05) is 25.2 Å². The molecular formula is C19H27N3O2. The molecule has 2 amide bonds. The highest BCUT2D eigenvalue weighted by Gasteiger charge is 2.37. The highest BCUT2D eigenvalue weighted by atomic mass is 16.2. The second-order valence-electron chi connectivity index (χ2n) is 7.24. The van der Waals surface area contributed by atoms with E-state index in [1.165, 1.54) is 0 Å². The Morgan fingerprint density at radius 3 is 2.83 bits per heavy atom. The molecule has 0 bridgehead atoms. The lowest BCUT2D eigenvalue weighted by Gasteiger charge is -2.44. The Morgan fingerprint density at radius 1 is 1.29 bits per heavy atom. The number of nitrogens with one attached hydrogen (secondary N) is 1. The van der Waals surface area contributed by atoms with Gasteiger partial charge in [-0.25, -0.2) is 0 Å². The van der Waals surface area contributed by atoms with E-state index >= 15 is 0 Å². The first kappa shape index (κ1) is 16.8. The third-order valence-electron chi connectivity index (χ3n) is 5.03. The quantitative estimate of drug-likeness (QED) is 0.924. The molecule has 2 aliphatic rings. The van der Waals surface area contributed by atoms with E-state index in [1.54, 1.807) is 4.90 Å². The molecule has 1 aromatic carbocycles. The lowest BCUT2D eigenvalue weighted by atomic mass is 9.96. The largest absolute Gasteiger partial charge is 0.358 e. The van der Waals surface area contributed by atoms with Crippen LogP contribution in [0.25, 0.3) is 0 Å². The van der Waals surface area contributed by atoms with Gasteiger partial charge in [-0.15, -0.1) is 0 Å². The maximum Gasteiger partial charge on any atom is 0.251 e. The minimum absolute atomic E-state index is 0.0398. The van der Waals surface area contributed by atoms with E-state index in [-0.39, 0.29) is 17.9 Å². The van der Waals surface area contributed by atoms with Gasteiger partial charge in [-0.3, -0.25) is 9.59 Å². The minimum atomic E-state index is -0.0694. The van der Waals surface area contributed by atoms with E-state index in [4.69, 9.17) is 0 Å². The third-order valence-corrected chi connectivity index (χ3v) is 5.03. The average Bonchev–Trinajstić information content (AvgIpc) is 2.58. The van der Waals surface area contributed by atoms with Crippen molar-refractivity contribution < 1.29 is 9.59 Å². The van der Waals surface area contributed by atoms with Gasteiger partial charge in [0.2, 0.25) is 5.91 Å². The van der Waals surface area contributed by atoms with E-state index < -0.39 is 0 Å². The summed E-state index contributed by atoms with van der Waals surface area (Å²) >= 11 is 0. The Morgan fingerprint density at radius 2 is 2.08 bits per heavy atom. The normalized spacial score (nSPS) is 20.0. The van der Waals surface area contributed by atoms with Gasteiger partial charge in [-0.05, 0) is 49.8 Å². The molecule has 0 radical (unpaired) electrons. The molecule has 5 heteroatoms. The smallest absolute Gasteiger partial charge is 0.251 e. The second-order valence-corrected chi connectivity index (χ2v) is 7.24. The Labute approximate surface area is 144 Å². The highest BCUT2D eigenvalue weighted by Crippen LogP contribution is 2.39. The monoisotopic (exact) mass is 329 g/mol. The van der Waals surface area contributed by atoms with Crippen LogP contribution in [0.1, 0.15) is 49.9 Å². The van der Waals surface area contributed by atoms with Gasteiger partial charge in [0.15, 0.2) is 0 Å². The molecule has 3 rings (SSSR count). The minimum Gasteiger partial charge on any atom is -0.358 e. The van der Waals surface area contributed by atoms with Gasteiger partial charge in [0.05, 0.1) is 11.4 Å². The Bertz CT molecular complexity index is 641. The van der Waals surface area contributed by atoms with Crippen molar-refractivity contribution in [3.63, 3.8) is 0 Å². The molecule has 0 spiro atoms. The Kier molecular flexibility index (Phi) is 4.78. The molecular weight excluding hydrogens is 302 g/mol. The molecule has 1 atom stereocenters. The average molecular weight is 329 g/mol. The van der Waals surface area contributed by atoms with E-state index in [0.29, 0.717) is 18.0 Å². The number of amides is 2. The van der Waals surface area contributed by atoms with Crippen LogP contribution in [0.2, 0.25) is 0 Å². The van der Waals surface area contributed by atoms with Crippen molar-refractivity contribution in [2.24, 2.45) is 5.92 Å². The number of hydrogen-bond donors (Lipinski definition) is 1. The molecule has 1 saturated heterocycles. The maximum absolute atomic E-state index is 12.6. The van der Waals surface area contributed by atoms with Gasteiger partial charge in [0, 0.05) is 25.7 Å². The first-order valence-electron chi connectivity index (χ1n) is 8.95. The molecule has 1 N–H and O–H groups in total. The summed E-state index contributed by atoms with van der Waals surface area (Å²) in [5.41, 5.74) is 2.53. The molecule has 1 aromatic rings. The van der Waals surface area contributed by atoms with Crippen LogP contribution >= 0.6 is 0 Å². The number of fused-ring (bicyclic) bond motifs is 3. The Balaban J connectivity index is 1.82.